The van der Waals surface area contributed by atoms with Crippen LogP contribution < -0.4 is 9.47 Å². The predicted octanol–water partition coefficient (Wildman–Crippen LogP) is 6.25. The summed E-state index contributed by atoms with van der Waals surface area (Å²) in [6, 6.07) is 22.1. The Labute approximate surface area is 305 Å². The van der Waals surface area contributed by atoms with Crippen LogP contribution >= 0.6 is 0 Å². The van der Waals surface area contributed by atoms with Gasteiger partial charge in [-0.05, 0) is 42.5 Å². The molecule has 6 fully saturated rings. The highest BCUT2D eigenvalue weighted by Crippen LogP contribution is 2.40. The number of carbonyl (C=O) groups is 4. The average molecular weight is 711 g/mol. The molecular weight excluding hydrogens is 660 g/mol. The van der Waals surface area contributed by atoms with Crippen molar-refractivity contribution in [1.29, 1.82) is 0 Å². The van der Waals surface area contributed by atoms with E-state index in [4.69, 9.17) is 18.9 Å². The molecule has 0 N–H and O–H groups in total. The molecule has 4 bridgehead atoms. The third kappa shape index (κ3) is 7.78. The van der Waals surface area contributed by atoms with Crippen molar-refractivity contribution in [2.24, 2.45) is 11.8 Å². The van der Waals surface area contributed by atoms with Crippen molar-refractivity contribution in [2.75, 3.05) is 39.3 Å². The number of nitrogens with zero attached hydrogens (tertiary/aromatic N) is 2. The maximum absolute atomic E-state index is 13.6. The Morgan fingerprint density at radius 1 is 0.577 bits per heavy atom. The first-order valence-corrected chi connectivity index (χ1v) is 19.0. The molecule has 0 radical (unpaired) electrons. The molecule has 0 spiro atoms. The summed E-state index contributed by atoms with van der Waals surface area (Å²) in [5.41, 5.74) is 2.65. The topological polar surface area (TPSA) is 105 Å². The van der Waals surface area contributed by atoms with E-state index in [0.717, 1.165) is 72.0 Å². The van der Waals surface area contributed by atoms with Crippen molar-refractivity contribution in [2.45, 2.75) is 77.7 Å². The van der Waals surface area contributed by atoms with Crippen molar-refractivity contribution in [3.8, 4) is 11.5 Å². The van der Waals surface area contributed by atoms with Gasteiger partial charge < -0.3 is 27.9 Å². The quantitative estimate of drug-likeness (QED) is 0.124. The van der Waals surface area contributed by atoms with Gasteiger partial charge in [0.05, 0.1) is 37.3 Å². The van der Waals surface area contributed by atoms with Crippen LogP contribution in [0.1, 0.15) is 84.2 Å². The molecule has 0 aliphatic carbocycles. The van der Waals surface area contributed by atoms with E-state index < -0.39 is 11.9 Å². The highest BCUT2D eigenvalue weighted by molar-refractivity contribution is 5.95. The van der Waals surface area contributed by atoms with E-state index >= 15 is 0 Å². The second-order valence-corrected chi connectivity index (χ2v) is 15.3. The minimum Gasteiger partial charge on any atom is -0.452 e. The maximum atomic E-state index is 13.6. The molecule has 6 saturated heterocycles. The smallest absolute Gasteiger partial charge is 0.338 e. The normalized spacial score (nSPS) is 27.4. The van der Waals surface area contributed by atoms with Crippen molar-refractivity contribution >= 4 is 23.9 Å². The SMILES string of the molecule is CCC(=O)Oc1ccccc1C[N+]12CCC(CC1)C(OC(=O)c1cccc(C(=O)OC3C[N+]4(Cc5ccccc5OC(=O)CC)CCC3CC4)c1)C2. The van der Waals surface area contributed by atoms with Crippen molar-refractivity contribution in [3.63, 3.8) is 0 Å². The van der Waals surface area contributed by atoms with Gasteiger partial charge in [-0.1, -0.05) is 44.2 Å². The molecule has 2 unspecified atom stereocenters. The number of esters is 4. The summed E-state index contributed by atoms with van der Waals surface area (Å²) in [5.74, 6) is 0.407. The van der Waals surface area contributed by atoms with Crippen LogP contribution in [0.25, 0.3) is 0 Å². The van der Waals surface area contributed by atoms with Crippen LogP contribution in [0.3, 0.4) is 0 Å². The molecule has 6 heterocycles. The zero-order valence-electron chi connectivity index (χ0n) is 30.3. The Bertz CT molecular complexity index is 1680. The molecule has 6 aliphatic heterocycles. The number of fused-ring (bicyclic) bond motifs is 6. The van der Waals surface area contributed by atoms with Crippen LogP contribution in [-0.2, 0) is 32.2 Å². The number of rotatable bonds is 12. The molecule has 274 valence electrons. The van der Waals surface area contributed by atoms with Gasteiger partial charge in [-0.2, -0.15) is 0 Å². The molecule has 3 aromatic rings. The summed E-state index contributed by atoms with van der Waals surface area (Å²) < 4.78 is 25.2. The second-order valence-electron chi connectivity index (χ2n) is 15.3. The number of quaternary nitrogens is 2. The molecule has 52 heavy (non-hydrogen) atoms. The molecule has 10 nitrogen and oxygen atoms in total. The van der Waals surface area contributed by atoms with Crippen LogP contribution in [0.5, 0.6) is 11.5 Å². The number of ether oxygens (including phenoxy) is 4. The number of piperidine rings is 6. The fourth-order valence-electron chi connectivity index (χ4n) is 8.92. The number of hydrogen-bond acceptors (Lipinski definition) is 8. The van der Waals surface area contributed by atoms with E-state index in [1.165, 1.54) is 0 Å². The zero-order valence-corrected chi connectivity index (χ0v) is 30.3. The van der Waals surface area contributed by atoms with Crippen LogP contribution in [0.4, 0.5) is 0 Å². The van der Waals surface area contributed by atoms with E-state index in [-0.39, 0.29) is 24.1 Å². The van der Waals surface area contributed by atoms with Gasteiger partial charge >= 0.3 is 23.9 Å². The third-order valence-corrected chi connectivity index (χ3v) is 11.9. The van der Waals surface area contributed by atoms with E-state index in [0.29, 0.717) is 73.5 Å². The second kappa shape index (κ2) is 15.2. The lowest BCUT2D eigenvalue weighted by Gasteiger charge is -2.52. The van der Waals surface area contributed by atoms with E-state index in [1.807, 2.05) is 48.5 Å². The Morgan fingerprint density at radius 3 is 1.38 bits per heavy atom. The van der Waals surface area contributed by atoms with Gasteiger partial charge in [-0.3, -0.25) is 9.59 Å². The van der Waals surface area contributed by atoms with Gasteiger partial charge in [0.15, 0.2) is 12.2 Å². The molecule has 0 aromatic heterocycles. The van der Waals surface area contributed by atoms with Crippen LogP contribution in [0.15, 0.2) is 72.8 Å². The van der Waals surface area contributed by atoms with Crippen molar-refractivity contribution in [1.82, 2.24) is 0 Å². The highest BCUT2D eigenvalue weighted by atomic mass is 16.6. The van der Waals surface area contributed by atoms with Crippen LogP contribution in [-0.4, -0.2) is 84.3 Å². The molecule has 10 heteroatoms. The summed E-state index contributed by atoms with van der Waals surface area (Å²) in [6.07, 6.45) is 3.97. The van der Waals surface area contributed by atoms with E-state index in [9.17, 15) is 19.2 Å². The first-order valence-electron chi connectivity index (χ1n) is 19.0. The van der Waals surface area contributed by atoms with Gasteiger partial charge in [-0.25, -0.2) is 9.59 Å². The van der Waals surface area contributed by atoms with Gasteiger partial charge in [-0.15, -0.1) is 0 Å². The molecule has 2 atom stereocenters. The molecule has 0 saturated carbocycles. The van der Waals surface area contributed by atoms with Crippen LogP contribution in [0, 0.1) is 11.8 Å². The van der Waals surface area contributed by atoms with Crippen molar-refractivity contribution in [3.05, 3.63) is 95.1 Å². The molecular formula is C42H50N2O8+2. The first kappa shape index (κ1) is 35.8. The lowest BCUT2D eigenvalue weighted by Crippen LogP contribution is -2.63. The number of carbonyl (C=O) groups excluding carboxylic acids is 4. The van der Waals surface area contributed by atoms with E-state index in [1.54, 1.807) is 38.1 Å². The molecule has 6 aliphatic rings. The molecule has 3 aromatic carbocycles. The Morgan fingerprint density at radius 2 is 0.981 bits per heavy atom. The van der Waals surface area contributed by atoms with Gasteiger partial charge in [0.25, 0.3) is 0 Å². The predicted molar refractivity (Wildman–Crippen MR) is 192 cm³/mol. The fraction of sp³-hybridized carbons (Fsp3) is 0.476. The van der Waals surface area contributed by atoms with E-state index in [2.05, 4.69) is 0 Å². The standard InChI is InChI=1S/C42H50N2O8/c1-3-39(45)49-35-14-7-5-10-33(35)25-43-20-16-29(17-21-43)37(27-43)51-41(47)31-12-9-13-32(24-31)42(48)52-38-28-44(22-18-30(38)19-23-44)26-34-11-6-8-15-36(34)50-40(46)4-2/h5-15,24,29-30,37-38H,3-4,16-23,25-28H2,1-2H3/q+2. The third-order valence-electron chi connectivity index (χ3n) is 11.9. The summed E-state index contributed by atoms with van der Waals surface area (Å²) in [7, 11) is 0. The fourth-order valence-corrected chi connectivity index (χ4v) is 8.92. The summed E-state index contributed by atoms with van der Waals surface area (Å²) >= 11 is 0. The summed E-state index contributed by atoms with van der Waals surface area (Å²) in [6.45, 7) is 10.3. The van der Waals surface area contributed by atoms with Crippen molar-refractivity contribution < 1.29 is 47.1 Å². The highest BCUT2D eigenvalue weighted by Gasteiger charge is 2.49. The molecule has 9 rings (SSSR count). The summed E-state index contributed by atoms with van der Waals surface area (Å²) in [4.78, 5) is 51.3. The van der Waals surface area contributed by atoms with Gasteiger partial charge in [0.2, 0.25) is 0 Å². The van der Waals surface area contributed by atoms with Crippen LogP contribution in [0.2, 0.25) is 0 Å². The first-order chi connectivity index (χ1) is 25.2. The number of benzene rings is 3. The monoisotopic (exact) mass is 710 g/mol. The maximum Gasteiger partial charge on any atom is 0.338 e. The lowest BCUT2D eigenvalue weighted by atomic mass is 9.82. The Balaban J connectivity index is 0.987. The number of hydrogen-bond donors (Lipinski definition) is 0. The minimum atomic E-state index is -0.432. The molecule has 0 amide bonds. The van der Waals surface area contributed by atoms with Gasteiger partial charge in [0, 0.05) is 61.5 Å². The average Bonchev–Trinajstić information content (AvgIpc) is 3.17. The minimum absolute atomic E-state index is 0.238. The largest absolute Gasteiger partial charge is 0.452 e. The van der Waals surface area contributed by atoms with Gasteiger partial charge in [0.1, 0.15) is 37.7 Å². The lowest BCUT2D eigenvalue weighted by molar-refractivity contribution is -0.958. The number of para-hydroxylation sites is 2. The Hall–Kier alpha value is -4.54. The zero-order chi connectivity index (χ0) is 36.3. The Kier molecular flexibility index (Phi) is 10.5. The summed E-state index contributed by atoms with van der Waals surface area (Å²) in [5, 5.41) is 0.